The lowest BCUT2D eigenvalue weighted by atomic mass is 10.1. The zero-order valence-electron chi connectivity index (χ0n) is 17.0. The molecule has 0 aliphatic heterocycles. The van der Waals surface area contributed by atoms with Crippen LogP contribution in [-0.4, -0.2) is 28.8 Å². The number of carbonyl (C=O) groups is 2. The highest BCUT2D eigenvalue weighted by atomic mass is 19.1. The van der Waals surface area contributed by atoms with E-state index in [1.807, 2.05) is 52.0 Å². The molecular formula is C23H29FN2O2. The summed E-state index contributed by atoms with van der Waals surface area (Å²) in [6.07, 6.45) is 0.636. The third-order valence-corrected chi connectivity index (χ3v) is 4.52. The molecule has 0 unspecified atom stereocenters. The van der Waals surface area contributed by atoms with Gasteiger partial charge >= 0.3 is 0 Å². The third kappa shape index (κ3) is 6.19. The van der Waals surface area contributed by atoms with Crippen LogP contribution in [0.5, 0.6) is 0 Å². The van der Waals surface area contributed by atoms with Gasteiger partial charge in [-0.25, -0.2) is 4.39 Å². The first-order valence-electron chi connectivity index (χ1n) is 9.70. The Morgan fingerprint density at radius 1 is 1.07 bits per heavy atom. The number of amides is 2. The monoisotopic (exact) mass is 384 g/mol. The first-order valence-corrected chi connectivity index (χ1v) is 9.70. The van der Waals surface area contributed by atoms with Gasteiger partial charge in [-0.3, -0.25) is 9.59 Å². The van der Waals surface area contributed by atoms with Gasteiger partial charge in [0, 0.05) is 12.6 Å². The standard InChI is InChI=1S/C23H29FN2O2/c1-5-21(23(28)25-16(2)3)26(15-19-8-6-7-17(4)13-19)22(27)14-18-9-11-20(24)12-10-18/h6-13,16,21H,5,14-15H2,1-4H3,(H,25,28)/t21-/m0/s1. The van der Waals surface area contributed by atoms with Gasteiger partial charge in [0.25, 0.3) is 0 Å². The minimum atomic E-state index is -0.559. The summed E-state index contributed by atoms with van der Waals surface area (Å²) in [7, 11) is 0. The Kier molecular flexibility index (Phi) is 7.73. The van der Waals surface area contributed by atoms with Crippen molar-refractivity contribution in [2.45, 2.75) is 59.2 Å². The van der Waals surface area contributed by atoms with Crippen molar-refractivity contribution in [2.75, 3.05) is 0 Å². The fraction of sp³-hybridized carbons (Fsp3) is 0.391. The zero-order valence-corrected chi connectivity index (χ0v) is 17.0. The van der Waals surface area contributed by atoms with Gasteiger partial charge in [0.2, 0.25) is 11.8 Å². The smallest absolute Gasteiger partial charge is 0.243 e. The van der Waals surface area contributed by atoms with Crippen LogP contribution in [0.25, 0.3) is 0 Å². The number of nitrogens with zero attached hydrogens (tertiary/aromatic N) is 1. The molecule has 1 N–H and O–H groups in total. The number of aryl methyl sites for hydroxylation is 1. The molecule has 5 heteroatoms. The highest BCUT2D eigenvalue weighted by molar-refractivity contribution is 5.88. The zero-order chi connectivity index (χ0) is 20.7. The number of benzene rings is 2. The van der Waals surface area contributed by atoms with E-state index >= 15 is 0 Å². The number of halogens is 1. The van der Waals surface area contributed by atoms with Crippen LogP contribution in [0.3, 0.4) is 0 Å². The van der Waals surface area contributed by atoms with Crippen LogP contribution < -0.4 is 5.32 Å². The first kappa shape index (κ1) is 21.6. The summed E-state index contributed by atoms with van der Waals surface area (Å²) in [6, 6.07) is 13.3. The fourth-order valence-electron chi connectivity index (χ4n) is 3.19. The maximum Gasteiger partial charge on any atom is 0.243 e. The molecule has 0 heterocycles. The van der Waals surface area contributed by atoms with Crippen LogP contribution in [-0.2, 0) is 22.6 Å². The summed E-state index contributed by atoms with van der Waals surface area (Å²) < 4.78 is 13.2. The van der Waals surface area contributed by atoms with E-state index < -0.39 is 6.04 Å². The summed E-state index contributed by atoms with van der Waals surface area (Å²) >= 11 is 0. The molecule has 4 nitrogen and oxygen atoms in total. The highest BCUT2D eigenvalue weighted by Gasteiger charge is 2.29. The molecule has 0 spiro atoms. The van der Waals surface area contributed by atoms with Crippen LogP contribution in [0.2, 0.25) is 0 Å². The molecule has 2 aromatic rings. The van der Waals surface area contributed by atoms with Crippen LogP contribution in [0.1, 0.15) is 43.9 Å². The number of carbonyl (C=O) groups excluding carboxylic acids is 2. The van der Waals surface area contributed by atoms with Crippen molar-refractivity contribution in [2.24, 2.45) is 0 Å². The topological polar surface area (TPSA) is 49.4 Å². The Balaban J connectivity index is 2.28. The maximum atomic E-state index is 13.2. The summed E-state index contributed by atoms with van der Waals surface area (Å²) in [5.74, 6) is -0.646. The molecule has 0 radical (unpaired) electrons. The highest BCUT2D eigenvalue weighted by Crippen LogP contribution is 2.16. The second kappa shape index (κ2) is 10.0. The number of nitrogens with one attached hydrogen (secondary N) is 1. The molecule has 0 aromatic heterocycles. The third-order valence-electron chi connectivity index (χ3n) is 4.52. The van der Waals surface area contributed by atoms with Crippen molar-refractivity contribution < 1.29 is 14.0 Å². The molecule has 0 aliphatic rings. The first-order chi connectivity index (χ1) is 13.3. The SMILES string of the molecule is CC[C@@H](C(=O)NC(C)C)N(Cc1cccc(C)c1)C(=O)Cc1ccc(F)cc1. The van der Waals surface area contributed by atoms with Gasteiger partial charge in [0.05, 0.1) is 6.42 Å². The normalized spacial score (nSPS) is 11.9. The summed E-state index contributed by atoms with van der Waals surface area (Å²) in [5, 5.41) is 2.92. The molecule has 0 saturated heterocycles. The number of rotatable bonds is 8. The second-order valence-corrected chi connectivity index (χ2v) is 7.40. The lowest BCUT2D eigenvalue weighted by Crippen LogP contribution is -2.50. The summed E-state index contributed by atoms with van der Waals surface area (Å²) in [5.41, 5.74) is 2.80. The Bertz CT molecular complexity index is 803. The van der Waals surface area contributed by atoms with Gasteiger partial charge in [0.1, 0.15) is 11.9 Å². The lowest BCUT2D eigenvalue weighted by Gasteiger charge is -2.31. The van der Waals surface area contributed by atoms with Crippen LogP contribution >= 0.6 is 0 Å². The van der Waals surface area contributed by atoms with Gasteiger partial charge in [-0.05, 0) is 50.5 Å². The van der Waals surface area contributed by atoms with Gasteiger partial charge in [-0.15, -0.1) is 0 Å². The largest absolute Gasteiger partial charge is 0.352 e. The average molecular weight is 384 g/mol. The van der Waals surface area contributed by atoms with E-state index in [1.54, 1.807) is 17.0 Å². The quantitative estimate of drug-likeness (QED) is 0.748. The van der Waals surface area contributed by atoms with Crippen molar-refractivity contribution in [3.63, 3.8) is 0 Å². The van der Waals surface area contributed by atoms with E-state index in [1.165, 1.54) is 12.1 Å². The molecule has 0 bridgehead atoms. The van der Waals surface area contributed by atoms with Crippen LogP contribution in [0, 0.1) is 12.7 Å². The van der Waals surface area contributed by atoms with E-state index in [4.69, 9.17) is 0 Å². The van der Waals surface area contributed by atoms with Crippen molar-refractivity contribution in [1.29, 1.82) is 0 Å². The predicted octanol–water partition coefficient (Wildman–Crippen LogP) is 4.01. The molecule has 2 amide bonds. The molecule has 1 atom stereocenters. The van der Waals surface area contributed by atoms with Gasteiger partial charge in [-0.1, -0.05) is 48.9 Å². The number of hydrogen-bond acceptors (Lipinski definition) is 2. The molecule has 150 valence electrons. The Hall–Kier alpha value is -2.69. The minimum Gasteiger partial charge on any atom is -0.352 e. The van der Waals surface area contributed by atoms with Crippen molar-refractivity contribution >= 4 is 11.8 Å². The molecule has 2 aromatic carbocycles. The van der Waals surface area contributed by atoms with Crippen molar-refractivity contribution in [3.8, 4) is 0 Å². The van der Waals surface area contributed by atoms with Gasteiger partial charge in [-0.2, -0.15) is 0 Å². The average Bonchev–Trinajstić information content (AvgIpc) is 2.63. The van der Waals surface area contributed by atoms with Gasteiger partial charge < -0.3 is 10.2 Å². The molecule has 0 saturated carbocycles. The molecule has 0 fully saturated rings. The van der Waals surface area contributed by atoms with E-state index in [0.29, 0.717) is 13.0 Å². The summed E-state index contributed by atoms with van der Waals surface area (Å²) in [6.45, 7) is 8.05. The lowest BCUT2D eigenvalue weighted by molar-refractivity contribution is -0.141. The van der Waals surface area contributed by atoms with Gasteiger partial charge in [0.15, 0.2) is 0 Å². The van der Waals surface area contributed by atoms with E-state index in [9.17, 15) is 14.0 Å². The van der Waals surface area contributed by atoms with Crippen molar-refractivity contribution in [3.05, 3.63) is 71.0 Å². The maximum absolute atomic E-state index is 13.2. The second-order valence-electron chi connectivity index (χ2n) is 7.40. The summed E-state index contributed by atoms with van der Waals surface area (Å²) in [4.78, 5) is 27.5. The minimum absolute atomic E-state index is 0.00503. The van der Waals surface area contributed by atoms with E-state index in [-0.39, 0.29) is 30.1 Å². The van der Waals surface area contributed by atoms with Crippen LogP contribution in [0.15, 0.2) is 48.5 Å². The fourth-order valence-corrected chi connectivity index (χ4v) is 3.19. The van der Waals surface area contributed by atoms with Crippen molar-refractivity contribution in [1.82, 2.24) is 10.2 Å². The Morgan fingerprint density at radius 2 is 1.75 bits per heavy atom. The molecule has 0 aliphatic carbocycles. The van der Waals surface area contributed by atoms with E-state index in [2.05, 4.69) is 5.32 Å². The predicted molar refractivity (Wildman–Crippen MR) is 109 cm³/mol. The molecular weight excluding hydrogens is 355 g/mol. The van der Waals surface area contributed by atoms with E-state index in [0.717, 1.165) is 16.7 Å². The Morgan fingerprint density at radius 3 is 2.32 bits per heavy atom. The van der Waals surface area contributed by atoms with Crippen LogP contribution in [0.4, 0.5) is 4.39 Å². The number of hydrogen-bond donors (Lipinski definition) is 1. The Labute approximate surface area is 166 Å². The molecule has 2 rings (SSSR count). The molecule has 28 heavy (non-hydrogen) atoms.